The summed E-state index contributed by atoms with van der Waals surface area (Å²) >= 11 is 3.44. The standard InChI is InChI=1S/C10H9BrO3/c1-12-3-2-7-4-9-10(5-8(7)11)14-6-13-9/h2-5H,6H2,1H3/b3-2-. The molecule has 0 aliphatic carbocycles. The second kappa shape index (κ2) is 3.92. The van der Waals surface area contributed by atoms with Gasteiger partial charge in [-0.25, -0.2) is 0 Å². The van der Waals surface area contributed by atoms with Gasteiger partial charge in [-0.1, -0.05) is 15.9 Å². The number of methoxy groups -OCH3 is 1. The van der Waals surface area contributed by atoms with Gasteiger partial charge in [0.2, 0.25) is 6.79 Å². The fourth-order valence-corrected chi connectivity index (χ4v) is 1.66. The lowest BCUT2D eigenvalue weighted by atomic mass is 10.2. The molecular formula is C10H9BrO3. The van der Waals surface area contributed by atoms with Gasteiger partial charge < -0.3 is 14.2 Å². The van der Waals surface area contributed by atoms with Crippen molar-refractivity contribution in [3.8, 4) is 11.5 Å². The predicted octanol–water partition coefficient (Wildman–Crippen LogP) is 2.79. The zero-order valence-electron chi connectivity index (χ0n) is 7.62. The highest BCUT2D eigenvalue weighted by molar-refractivity contribution is 9.10. The average Bonchev–Trinajstić information content (AvgIpc) is 2.61. The molecule has 0 bridgehead atoms. The molecule has 0 saturated heterocycles. The highest BCUT2D eigenvalue weighted by Gasteiger charge is 2.14. The summed E-state index contributed by atoms with van der Waals surface area (Å²) in [4.78, 5) is 0. The number of halogens is 1. The Morgan fingerprint density at radius 3 is 2.79 bits per heavy atom. The zero-order chi connectivity index (χ0) is 9.97. The quantitative estimate of drug-likeness (QED) is 0.762. The van der Waals surface area contributed by atoms with E-state index in [2.05, 4.69) is 15.9 Å². The summed E-state index contributed by atoms with van der Waals surface area (Å²) in [5, 5.41) is 0. The van der Waals surface area contributed by atoms with Gasteiger partial charge in [0.15, 0.2) is 11.5 Å². The van der Waals surface area contributed by atoms with E-state index in [0.29, 0.717) is 6.79 Å². The van der Waals surface area contributed by atoms with E-state index in [-0.39, 0.29) is 0 Å². The van der Waals surface area contributed by atoms with Crippen molar-refractivity contribution >= 4 is 22.0 Å². The van der Waals surface area contributed by atoms with Gasteiger partial charge >= 0.3 is 0 Å². The fraction of sp³-hybridized carbons (Fsp3) is 0.200. The number of rotatable bonds is 2. The smallest absolute Gasteiger partial charge is 0.231 e. The predicted molar refractivity (Wildman–Crippen MR) is 56.3 cm³/mol. The first-order valence-corrected chi connectivity index (χ1v) is 4.89. The van der Waals surface area contributed by atoms with Crippen LogP contribution in [0.25, 0.3) is 6.08 Å². The van der Waals surface area contributed by atoms with Crippen molar-refractivity contribution in [1.29, 1.82) is 0 Å². The third-order valence-corrected chi connectivity index (χ3v) is 2.56. The molecule has 0 unspecified atom stereocenters. The van der Waals surface area contributed by atoms with Crippen LogP contribution >= 0.6 is 15.9 Å². The average molecular weight is 257 g/mol. The first kappa shape index (κ1) is 9.40. The van der Waals surface area contributed by atoms with Gasteiger partial charge in [0.25, 0.3) is 0 Å². The molecule has 1 aliphatic heterocycles. The summed E-state index contributed by atoms with van der Waals surface area (Å²) in [5.41, 5.74) is 0.996. The van der Waals surface area contributed by atoms with Crippen LogP contribution in [0.4, 0.5) is 0 Å². The van der Waals surface area contributed by atoms with E-state index in [1.165, 1.54) is 0 Å². The maximum absolute atomic E-state index is 5.26. The second-order valence-corrected chi connectivity index (χ2v) is 3.62. The minimum absolute atomic E-state index is 0.291. The lowest BCUT2D eigenvalue weighted by Gasteiger charge is -2.01. The van der Waals surface area contributed by atoms with Gasteiger partial charge in [0.05, 0.1) is 13.4 Å². The molecule has 1 aromatic carbocycles. The second-order valence-electron chi connectivity index (χ2n) is 2.77. The van der Waals surface area contributed by atoms with Gasteiger partial charge in [-0.2, -0.15) is 0 Å². The van der Waals surface area contributed by atoms with Gasteiger partial charge in [-0.3, -0.25) is 0 Å². The Morgan fingerprint density at radius 2 is 2.07 bits per heavy atom. The lowest BCUT2D eigenvalue weighted by molar-refractivity contribution is 0.174. The minimum Gasteiger partial charge on any atom is -0.504 e. The van der Waals surface area contributed by atoms with Crippen molar-refractivity contribution in [3.05, 3.63) is 28.4 Å². The largest absolute Gasteiger partial charge is 0.504 e. The molecule has 14 heavy (non-hydrogen) atoms. The first-order chi connectivity index (χ1) is 6.81. The fourth-order valence-electron chi connectivity index (χ4n) is 1.20. The van der Waals surface area contributed by atoms with Crippen molar-refractivity contribution in [1.82, 2.24) is 0 Å². The molecule has 0 N–H and O–H groups in total. The normalized spacial score (nSPS) is 13.6. The highest BCUT2D eigenvalue weighted by Crippen LogP contribution is 2.37. The maximum Gasteiger partial charge on any atom is 0.231 e. The van der Waals surface area contributed by atoms with E-state index >= 15 is 0 Å². The molecule has 0 radical (unpaired) electrons. The lowest BCUT2D eigenvalue weighted by Crippen LogP contribution is -1.92. The molecule has 4 heteroatoms. The summed E-state index contributed by atoms with van der Waals surface area (Å²) in [7, 11) is 1.61. The highest BCUT2D eigenvalue weighted by atomic mass is 79.9. The van der Waals surface area contributed by atoms with Crippen LogP contribution in [-0.4, -0.2) is 13.9 Å². The van der Waals surface area contributed by atoms with Crippen LogP contribution in [0.2, 0.25) is 0 Å². The maximum atomic E-state index is 5.26. The van der Waals surface area contributed by atoms with Crippen molar-refractivity contribution in [3.63, 3.8) is 0 Å². The van der Waals surface area contributed by atoms with Gasteiger partial charge in [-0.15, -0.1) is 0 Å². The number of hydrogen-bond acceptors (Lipinski definition) is 3. The van der Waals surface area contributed by atoms with Crippen LogP contribution in [-0.2, 0) is 4.74 Å². The molecule has 2 rings (SSSR count). The van der Waals surface area contributed by atoms with Crippen LogP contribution in [0.3, 0.4) is 0 Å². The van der Waals surface area contributed by atoms with E-state index in [4.69, 9.17) is 14.2 Å². The molecule has 3 nitrogen and oxygen atoms in total. The molecule has 0 amide bonds. The summed E-state index contributed by atoms with van der Waals surface area (Å²) in [6.07, 6.45) is 3.47. The Labute approximate surface area is 90.4 Å². The van der Waals surface area contributed by atoms with Crippen LogP contribution in [0.15, 0.2) is 22.9 Å². The molecule has 0 spiro atoms. The number of fused-ring (bicyclic) bond motifs is 1. The monoisotopic (exact) mass is 256 g/mol. The van der Waals surface area contributed by atoms with Crippen LogP contribution < -0.4 is 9.47 Å². The van der Waals surface area contributed by atoms with Crippen molar-refractivity contribution in [2.75, 3.05) is 13.9 Å². The molecule has 0 fully saturated rings. The van der Waals surface area contributed by atoms with Crippen LogP contribution in [0.1, 0.15) is 5.56 Å². The van der Waals surface area contributed by atoms with Crippen LogP contribution in [0.5, 0.6) is 11.5 Å². The van der Waals surface area contributed by atoms with Gasteiger partial charge in [0, 0.05) is 4.47 Å². The van der Waals surface area contributed by atoms with E-state index in [1.54, 1.807) is 13.4 Å². The number of ether oxygens (including phenoxy) is 3. The van der Waals surface area contributed by atoms with Crippen LogP contribution in [0, 0.1) is 0 Å². The summed E-state index contributed by atoms with van der Waals surface area (Å²) in [6.45, 7) is 0.291. The van der Waals surface area contributed by atoms with E-state index in [0.717, 1.165) is 21.5 Å². The van der Waals surface area contributed by atoms with Crippen molar-refractivity contribution in [2.45, 2.75) is 0 Å². The minimum atomic E-state index is 0.291. The van der Waals surface area contributed by atoms with Gasteiger partial charge in [0.1, 0.15) is 0 Å². The Kier molecular flexibility index (Phi) is 2.63. The zero-order valence-corrected chi connectivity index (χ0v) is 9.21. The number of hydrogen-bond donors (Lipinski definition) is 0. The van der Waals surface area contributed by atoms with E-state index < -0.39 is 0 Å². The SMILES string of the molecule is CO/C=C\c1cc2c(cc1Br)OCO2. The molecule has 0 saturated carbocycles. The van der Waals surface area contributed by atoms with E-state index in [9.17, 15) is 0 Å². The first-order valence-electron chi connectivity index (χ1n) is 4.10. The Balaban J connectivity index is 2.37. The Morgan fingerprint density at radius 1 is 1.36 bits per heavy atom. The molecule has 1 aromatic rings. The summed E-state index contributed by atoms with van der Waals surface area (Å²) < 4.78 is 16.3. The Hall–Kier alpha value is -1.16. The molecule has 0 atom stereocenters. The Bertz CT molecular complexity index is 374. The van der Waals surface area contributed by atoms with E-state index in [1.807, 2.05) is 18.2 Å². The molecule has 0 aromatic heterocycles. The van der Waals surface area contributed by atoms with Gasteiger partial charge in [-0.05, 0) is 23.8 Å². The topological polar surface area (TPSA) is 27.7 Å². The van der Waals surface area contributed by atoms with Crippen molar-refractivity contribution in [2.24, 2.45) is 0 Å². The van der Waals surface area contributed by atoms with Crippen molar-refractivity contribution < 1.29 is 14.2 Å². The third-order valence-electron chi connectivity index (χ3n) is 1.88. The molecular weight excluding hydrogens is 248 g/mol. The third kappa shape index (κ3) is 1.70. The number of benzene rings is 1. The molecule has 1 heterocycles. The molecule has 74 valence electrons. The summed E-state index contributed by atoms with van der Waals surface area (Å²) in [6, 6.07) is 3.79. The molecule has 1 aliphatic rings. The summed E-state index contributed by atoms with van der Waals surface area (Å²) in [5.74, 6) is 1.54.